The van der Waals surface area contributed by atoms with Gasteiger partial charge in [0.05, 0.1) is 17.1 Å². The van der Waals surface area contributed by atoms with Crippen LogP contribution >= 0.6 is 0 Å². The van der Waals surface area contributed by atoms with Crippen molar-refractivity contribution >= 4 is 11.6 Å². The highest BCUT2D eigenvalue weighted by atomic mass is 19.1. The SMILES string of the molecule is Cc1nn(-c2cccc(F)c2)cc1-c1ccnc(Nc2ccccc2)n1. The summed E-state index contributed by atoms with van der Waals surface area (Å²) < 4.78 is 15.1. The molecule has 2 aromatic heterocycles. The third kappa shape index (κ3) is 3.30. The molecule has 0 atom stereocenters. The van der Waals surface area contributed by atoms with Crippen LogP contribution in [0.3, 0.4) is 0 Å². The molecule has 0 aliphatic rings. The Kier molecular flexibility index (Phi) is 4.15. The van der Waals surface area contributed by atoms with Crippen LogP contribution in [-0.4, -0.2) is 19.7 Å². The van der Waals surface area contributed by atoms with Crippen molar-refractivity contribution in [3.8, 4) is 16.9 Å². The molecular formula is C20H16FN5. The van der Waals surface area contributed by atoms with Crippen LogP contribution in [0.4, 0.5) is 16.0 Å². The number of aryl methyl sites for hydroxylation is 1. The van der Waals surface area contributed by atoms with Gasteiger partial charge in [-0.25, -0.2) is 19.0 Å². The van der Waals surface area contributed by atoms with E-state index < -0.39 is 0 Å². The zero-order valence-corrected chi connectivity index (χ0v) is 14.1. The van der Waals surface area contributed by atoms with Crippen LogP contribution in [0, 0.1) is 12.7 Å². The molecule has 1 N–H and O–H groups in total. The van der Waals surface area contributed by atoms with E-state index in [0.29, 0.717) is 11.6 Å². The predicted octanol–water partition coefficient (Wildman–Crippen LogP) is 4.52. The molecule has 2 aromatic carbocycles. The third-order valence-electron chi connectivity index (χ3n) is 3.93. The molecule has 0 saturated carbocycles. The molecule has 5 nitrogen and oxygen atoms in total. The Morgan fingerprint density at radius 3 is 2.65 bits per heavy atom. The summed E-state index contributed by atoms with van der Waals surface area (Å²) in [5.74, 6) is 0.209. The van der Waals surface area contributed by atoms with Crippen molar-refractivity contribution in [1.82, 2.24) is 19.7 Å². The lowest BCUT2D eigenvalue weighted by molar-refractivity contribution is 0.625. The van der Waals surface area contributed by atoms with Crippen molar-refractivity contribution in [1.29, 1.82) is 0 Å². The zero-order valence-electron chi connectivity index (χ0n) is 14.1. The summed E-state index contributed by atoms with van der Waals surface area (Å²) in [6.45, 7) is 1.90. The normalized spacial score (nSPS) is 10.7. The minimum Gasteiger partial charge on any atom is -0.324 e. The van der Waals surface area contributed by atoms with E-state index in [9.17, 15) is 4.39 Å². The lowest BCUT2D eigenvalue weighted by Gasteiger charge is -2.05. The Labute approximate surface area is 150 Å². The molecule has 0 radical (unpaired) electrons. The number of anilines is 2. The van der Waals surface area contributed by atoms with E-state index in [1.54, 1.807) is 16.9 Å². The fourth-order valence-electron chi connectivity index (χ4n) is 2.68. The van der Waals surface area contributed by atoms with Crippen LogP contribution in [0.1, 0.15) is 5.69 Å². The minimum absolute atomic E-state index is 0.298. The van der Waals surface area contributed by atoms with Gasteiger partial charge in [-0.1, -0.05) is 24.3 Å². The summed E-state index contributed by atoms with van der Waals surface area (Å²) in [5, 5.41) is 7.66. The number of benzene rings is 2. The number of nitrogens with one attached hydrogen (secondary N) is 1. The molecule has 26 heavy (non-hydrogen) atoms. The fraction of sp³-hybridized carbons (Fsp3) is 0.0500. The quantitative estimate of drug-likeness (QED) is 0.591. The van der Waals surface area contributed by atoms with Gasteiger partial charge in [-0.15, -0.1) is 0 Å². The standard InChI is InChI=1S/C20H16FN5/c1-14-18(13-26(25-14)17-9-5-6-15(21)12-17)19-10-11-22-20(24-19)23-16-7-3-2-4-8-16/h2-13H,1H3,(H,22,23,24). The molecule has 0 aliphatic heterocycles. The molecule has 4 rings (SSSR count). The molecule has 0 amide bonds. The smallest absolute Gasteiger partial charge is 0.227 e. The monoisotopic (exact) mass is 345 g/mol. The Morgan fingerprint density at radius 2 is 1.85 bits per heavy atom. The maximum atomic E-state index is 13.5. The van der Waals surface area contributed by atoms with E-state index in [1.165, 1.54) is 12.1 Å². The highest BCUT2D eigenvalue weighted by Gasteiger charge is 2.11. The van der Waals surface area contributed by atoms with Crippen molar-refractivity contribution in [3.63, 3.8) is 0 Å². The first-order valence-corrected chi connectivity index (χ1v) is 8.17. The molecule has 0 bridgehead atoms. The molecule has 2 heterocycles. The van der Waals surface area contributed by atoms with Crippen LogP contribution in [-0.2, 0) is 0 Å². The van der Waals surface area contributed by atoms with E-state index in [-0.39, 0.29) is 5.82 Å². The second-order valence-corrected chi connectivity index (χ2v) is 5.81. The van der Waals surface area contributed by atoms with Crippen molar-refractivity contribution in [3.05, 3.63) is 84.6 Å². The molecule has 0 fully saturated rings. The van der Waals surface area contributed by atoms with Gasteiger partial charge < -0.3 is 5.32 Å². The average molecular weight is 345 g/mol. The maximum absolute atomic E-state index is 13.5. The number of hydrogen-bond donors (Lipinski definition) is 1. The molecule has 0 aliphatic carbocycles. The number of hydrogen-bond acceptors (Lipinski definition) is 4. The van der Waals surface area contributed by atoms with Gasteiger partial charge in [0.2, 0.25) is 5.95 Å². The number of para-hydroxylation sites is 1. The molecule has 6 heteroatoms. The summed E-state index contributed by atoms with van der Waals surface area (Å²) in [7, 11) is 0. The van der Waals surface area contributed by atoms with E-state index in [4.69, 9.17) is 0 Å². The summed E-state index contributed by atoms with van der Waals surface area (Å²) in [5.41, 5.74) is 4.00. The highest BCUT2D eigenvalue weighted by Crippen LogP contribution is 2.24. The van der Waals surface area contributed by atoms with Gasteiger partial charge in [-0.3, -0.25) is 0 Å². The van der Waals surface area contributed by atoms with E-state index in [0.717, 1.165) is 22.6 Å². The summed E-state index contributed by atoms with van der Waals surface area (Å²) >= 11 is 0. The molecule has 4 aromatic rings. The van der Waals surface area contributed by atoms with Crippen LogP contribution in [0.5, 0.6) is 0 Å². The lowest BCUT2D eigenvalue weighted by Crippen LogP contribution is -1.97. The van der Waals surface area contributed by atoms with Crippen molar-refractivity contribution in [2.75, 3.05) is 5.32 Å². The zero-order chi connectivity index (χ0) is 17.9. The van der Waals surface area contributed by atoms with Gasteiger partial charge in [0, 0.05) is 23.6 Å². The van der Waals surface area contributed by atoms with Gasteiger partial charge in [-0.2, -0.15) is 5.10 Å². The van der Waals surface area contributed by atoms with Gasteiger partial charge >= 0.3 is 0 Å². The van der Waals surface area contributed by atoms with Gasteiger partial charge in [-0.05, 0) is 43.3 Å². The summed E-state index contributed by atoms with van der Waals surface area (Å²) in [4.78, 5) is 8.84. The van der Waals surface area contributed by atoms with E-state index >= 15 is 0 Å². The van der Waals surface area contributed by atoms with Crippen molar-refractivity contribution in [2.45, 2.75) is 6.92 Å². The highest BCUT2D eigenvalue weighted by molar-refractivity contribution is 5.64. The van der Waals surface area contributed by atoms with Crippen LogP contribution in [0.2, 0.25) is 0 Å². The largest absolute Gasteiger partial charge is 0.324 e. The first kappa shape index (κ1) is 16.0. The van der Waals surface area contributed by atoms with Crippen LogP contribution in [0.25, 0.3) is 16.9 Å². The number of rotatable bonds is 4. The third-order valence-corrected chi connectivity index (χ3v) is 3.93. The van der Waals surface area contributed by atoms with Crippen LogP contribution < -0.4 is 5.32 Å². The lowest BCUT2D eigenvalue weighted by atomic mass is 10.2. The topological polar surface area (TPSA) is 55.6 Å². The maximum Gasteiger partial charge on any atom is 0.227 e. The predicted molar refractivity (Wildman–Crippen MR) is 99.0 cm³/mol. The van der Waals surface area contributed by atoms with Gasteiger partial charge in [0.15, 0.2) is 0 Å². The van der Waals surface area contributed by atoms with Crippen molar-refractivity contribution < 1.29 is 4.39 Å². The van der Waals surface area contributed by atoms with Crippen molar-refractivity contribution in [2.24, 2.45) is 0 Å². The Bertz CT molecular complexity index is 1040. The van der Waals surface area contributed by atoms with Gasteiger partial charge in [0.25, 0.3) is 0 Å². The van der Waals surface area contributed by atoms with Crippen LogP contribution in [0.15, 0.2) is 73.1 Å². The summed E-state index contributed by atoms with van der Waals surface area (Å²) in [6, 6.07) is 17.9. The second-order valence-electron chi connectivity index (χ2n) is 5.81. The number of nitrogens with zero attached hydrogens (tertiary/aromatic N) is 4. The van der Waals surface area contributed by atoms with E-state index in [2.05, 4.69) is 20.4 Å². The molecule has 0 saturated heterocycles. The number of aromatic nitrogens is 4. The molecular weight excluding hydrogens is 329 g/mol. The number of halogens is 1. The molecule has 0 unspecified atom stereocenters. The molecule has 128 valence electrons. The minimum atomic E-state index is -0.298. The Hall–Kier alpha value is -3.54. The second kappa shape index (κ2) is 6.76. The average Bonchev–Trinajstić information content (AvgIpc) is 3.05. The fourth-order valence-corrected chi connectivity index (χ4v) is 2.68. The molecule has 0 spiro atoms. The van der Waals surface area contributed by atoms with Gasteiger partial charge in [0.1, 0.15) is 5.82 Å². The van der Waals surface area contributed by atoms with E-state index in [1.807, 2.05) is 55.6 Å². The first-order chi connectivity index (χ1) is 12.7. The Balaban J connectivity index is 1.67. The Morgan fingerprint density at radius 1 is 1.00 bits per heavy atom. The first-order valence-electron chi connectivity index (χ1n) is 8.17. The summed E-state index contributed by atoms with van der Waals surface area (Å²) in [6.07, 6.45) is 3.55.